The molecule has 2 N–H and O–H groups in total. The minimum Gasteiger partial charge on any atom is -0.756 e. The zero-order valence-corrected chi connectivity index (χ0v) is 52.3. The second kappa shape index (κ2) is 58.6. The highest BCUT2D eigenvalue weighted by atomic mass is 31.2. The maximum Gasteiger partial charge on any atom is 0.268 e. The van der Waals surface area contributed by atoms with Gasteiger partial charge in [-0.15, -0.1) is 0 Å². The summed E-state index contributed by atoms with van der Waals surface area (Å²) in [6.07, 6.45) is 81.6. The average molecular weight is 1100 g/mol. The highest BCUT2D eigenvalue weighted by molar-refractivity contribution is 7.45. The number of likely N-dealkylation sites (N-methyl/N-ethyl adjacent to an activating group) is 1. The third kappa shape index (κ3) is 61.4. The van der Waals surface area contributed by atoms with Crippen LogP contribution in [-0.4, -0.2) is 68.5 Å². The molecule has 3 atom stereocenters. The summed E-state index contributed by atoms with van der Waals surface area (Å²) in [6, 6.07) is -0.905. The normalized spacial score (nSPS) is 14.2. The van der Waals surface area contributed by atoms with Gasteiger partial charge < -0.3 is 28.8 Å². The van der Waals surface area contributed by atoms with Crippen molar-refractivity contribution in [3.05, 3.63) is 72.9 Å². The van der Waals surface area contributed by atoms with E-state index >= 15 is 0 Å². The molecule has 9 heteroatoms. The highest BCUT2D eigenvalue weighted by Crippen LogP contribution is 2.38. The summed E-state index contributed by atoms with van der Waals surface area (Å²) >= 11 is 0. The first-order valence-corrected chi connectivity index (χ1v) is 34.3. The van der Waals surface area contributed by atoms with Gasteiger partial charge in [-0.3, -0.25) is 9.36 Å². The lowest BCUT2D eigenvalue weighted by Gasteiger charge is -2.29. The average Bonchev–Trinajstić information content (AvgIpc) is 3.39. The quantitative estimate of drug-likeness (QED) is 0.0272. The molecule has 8 nitrogen and oxygen atoms in total. The number of allylic oxidation sites excluding steroid dienone is 11. The number of nitrogens with zero attached hydrogens (tertiary/aromatic N) is 1. The number of carbonyl (C=O) groups excluding carboxylic acids is 1. The number of phosphoric ester groups is 1. The number of aliphatic hydroxyl groups is 1. The number of carbonyl (C=O) groups is 1. The predicted molar refractivity (Wildman–Crippen MR) is 334 cm³/mol. The Bertz CT molecular complexity index is 1480. The fourth-order valence-corrected chi connectivity index (χ4v) is 10.3. The van der Waals surface area contributed by atoms with E-state index in [2.05, 4.69) is 79.9 Å². The van der Waals surface area contributed by atoms with Crippen molar-refractivity contribution in [3.8, 4) is 0 Å². The lowest BCUT2D eigenvalue weighted by atomic mass is 10.0. The minimum atomic E-state index is -4.61. The van der Waals surface area contributed by atoms with Crippen LogP contribution in [0.25, 0.3) is 0 Å². The molecule has 0 saturated heterocycles. The number of amides is 1. The summed E-state index contributed by atoms with van der Waals surface area (Å²) in [7, 11) is 1.25. The molecule has 0 aliphatic heterocycles. The van der Waals surface area contributed by atoms with Crippen molar-refractivity contribution < 1.29 is 32.9 Å². The monoisotopic (exact) mass is 1100 g/mol. The Balaban J connectivity index is 4.05. The zero-order chi connectivity index (χ0) is 56.3. The number of hydrogen-bond acceptors (Lipinski definition) is 6. The Hall–Kier alpha value is -2.06. The van der Waals surface area contributed by atoms with E-state index in [9.17, 15) is 19.4 Å². The van der Waals surface area contributed by atoms with Gasteiger partial charge in [-0.25, -0.2) is 0 Å². The summed E-state index contributed by atoms with van der Waals surface area (Å²) in [5, 5.41) is 13.9. The summed E-state index contributed by atoms with van der Waals surface area (Å²) < 4.78 is 23.4. The Kier molecular flexibility index (Phi) is 57.0. The first kappa shape index (κ1) is 74.9. The third-order valence-electron chi connectivity index (χ3n) is 14.7. The van der Waals surface area contributed by atoms with Crippen molar-refractivity contribution in [2.45, 2.75) is 315 Å². The first-order valence-electron chi connectivity index (χ1n) is 32.8. The fraction of sp³-hybridized carbons (Fsp3) is 0.809. The molecule has 0 aliphatic carbocycles. The molecule has 0 saturated carbocycles. The van der Waals surface area contributed by atoms with Gasteiger partial charge in [-0.1, -0.05) is 299 Å². The molecule has 3 unspecified atom stereocenters. The highest BCUT2D eigenvalue weighted by Gasteiger charge is 2.23. The molecule has 1 amide bonds. The Morgan fingerprint density at radius 3 is 1.21 bits per heavy atom. The van der Waals surface area contributed by atoms with Gasteiger partial charge in [0.2, 0.25) is 5.91 Å². The van der Waals surface area contributed by atoms with Crippen molar-refractivity contribution in [3.63, 3.8) is 0 Å². The molecule has 0 bridgehead atoms. The third-order valence-corrected chi connectivity index (χ3v) is 15.6. The maximum atomic E-state index is 13.0. The topological polar surface area (TPSA) is 108 Å². The van der Waals surface area contributed by atoms with Crippen molar-refractivity contribution >= 4 is 13.7 Å². The van der Waals surface area contributed by atoms with Crippen LogP contribution in [0.4, 0.5) is 0 Å². The smallest absolute Gasteiger partial charge is 0.268 e. The van der Waals surface area contributed by atoms with E-state index < -0.39 is 26.6 Å². The van der Waals surface area contributed by atoms with Gasteiger partial charge in [0.05, 0.1) is 39.9 Å². The summed E-state index contributed by atoms with van der Waals surface area (Å²) in [4.78, 5) is 25.6. The molecule has 0 aromatic rings. The van der Waals surface area contributed by atoms with E-state index in [4.69, 9.17) is 9.05 Å². The lowest BCUT2D eigenvalue weighted by molar-refractivity contribution is -0.870. The van der Waals surface area contributed by atoms with E-state index in [0.29, 0.717) is 17.4 Å². The van der Waals surface area contributed by atoms with Crippen LogP contribution in [-0.2, 0) is 18.4 Å². The van der Waals surface area contributed by atoms with Crippen molar-refractivity contribution in [2.75, 3.05) is 40.9 Å². The van der Waals surface area contributed by atoms with Gasteiger partial charge in [-0.2, -0.15) is 0 Å². The second-order valence-electron chi connectivity index (χ2n) is 23.4. The summed E-state index contributed by atoms with van der Waals surface area (Å²) in [5.74, 6) is -0.203. The molecule has 0 rings (SSSR count). The fourth-order valence-electron chi connectivity index (χ4n) is 9.58. The van der Waals surface area contributed by atoms with Crippen LogP contribution >= 0.6 is 7.82 Å². The number of aliphatic hydroxyl groups excluding tert-OH is 1. The van der Waals surface area contributed by atoms with Gasteiger partial charge in [0, 0.05) is 6.42 Å². The number of rotatable bonds is 60. The predicted octanol–water partition coefficient (Wildman–Crippen LogP) is 20.0. The SMILES string of the molecule is CC/C=C\C/C=C\C/C=C\C/C=C\CCCCCCCCCCCCCCCCCCCCCCCCC(=O)NC(COP(=O)([O-])OCC[N+](C)(C)C)C(O)/C=C/CC/C=C/CCCCCCCCCCCCCCCC. The van der Waals surface area contributed by atoms with Crippen LogP contribution in [0.3, 0.4) is 0 Å². The van der Waals surface area contributed by atoms with Crippen molar-refractivity contribution in [2.24, 2.45) is 0 Å². The van der Waals surface area contributed by atoms with Crippen LogP contribution in [0.5, 0.6) is 0 Å². The van der Waals surface area contributed by atoms with Crippen LogP contribution in [0.15, 0.2) is 72.9 Å². The molecule has 0 aliphatic rings. The number of nitrogens with one attached hydrogen (secondary N) is 1. The Morgan fingerprint density at radius 2 is 0.805 bits per heavy atom. The van der Waals surface area contributed by atoms with Crippen molar-refractivity contribution in [1.29, 1.82) is 0 Å². The number of hydrogen-bond donors (Lipinski definition) is 2. The number of phosphoric acid groups is 1. The Morgan fingerprint density at radius 1 is 0.468 bits per heavy atom. The van der Waals surface area contributed by atoms with E-state index in [1.807, 2.05) is 27.2 Å². The molecule has 0 fully saturated rings. The largest absolute Gasteiger partial charge is 0.756 e. The summed E-state index contributed by atoms with van der Waals surface area (Å²) in [5.41, 5.74) is 0. The standard InChI is InChI=1S/C68H127N2O6P/c1-6-8-10-12-14-16-18-20-22-24-26-28-29-30-31-32-33-34-35-36-37-38-39-40-41-42-44-46-48-50-52-54-56-58-60-62-68(72)69-66(65-76-77(73,74)75-64-63-70(3,4)5)67(71)61-59-57-55-53-51-49-47-45-43-27-25-23-21-19-17-15-13-11-9-7-2/h8,10,14,16,20,22,26,28,51,53,59,61,66-67,71H,6-7,9,11-13,15,17-19,21,23-25,27,29-50,52,54-58,60,62-65H2,1-5H3,(H-,69,72,73,74)/b10-8-,16-14-,22-20-,28-26-,53-51+,61-59+. The van der Waals surface area contributed by atoms with E-state index in [0.717, 1.165) is 64.2 Å². The van der Waals surface area contributed by atoms with E-state index in [-0.39, 0.29) is 12.5 Å². The van der Waals surface area contributed by atoms with Crippen LogP contribution < -0.4 is 10.2 Å². The summed E-state index contributed by atoms with van der Waals surface area (Å²) in [6.45, 7) is 4.55. The molecule has 0 aromatic carbocycles. The van der Waals surface area contributed by atoms with Gasteiger partial charge in [0.25, 0.3) is 7.82 Å². The minimum absolute atomic E-state index is 0.00638. The van der Waals surface area contributed by atoms with Gasteiger partial charge >= 0.3 is 0 Å². The van der Waals surface area contributed by atoms with Gasteiger partial charge in [-0.05, 0) is 70.6 Å². The van der Waals surface area contributed by atoms with E-state index in [1.165, 1.54) is 218 Å². The molecule has 0 spiro atoms. The molecule has 450 valence electrons. The molecule has 0 aromatic heterocycles. The molecular formula is C68H127N2O6P. The van der Waals surface area contributed by atoms with Gasteiger partial charge in [0.15, 0.2) is 0 Å². The second-order valence-corrected chi connectivity index (χ2v) is 24.8. The number of unbranched alkanes of at least 4 members (excludes halogenated alkanes) is 37. The Labute approximate surface area is 478 Å². The van der Waals surface area contributed by atoms with Crippen LogP contribution in [0.1, 0.15) is 303 Å². The molecular weight excluding hydrogens is 972 g/mol. The van der Waals surface area contributed by atoms with Crippen molar-refractivity contribution in [1.82, 2.24) is 5.32 Å². The first-order chi connectivity index (χ1) is 37.5. The van der Waals surface area contributed by atoms with Crippen LogP contribution in [0.2, 0.25) is 0 Å². The molecule has 0 heterocycles. The zero-order valence-electron chi connectivity index (χ0n) is 51.4. The lowest BCUT2D eigenvalue weighted by Crippen LogP contribution is -2.45. The van der Waals surface area contributed by atoms with Gasteiger partial charge in [0.1, 0.15) is 13.2 Å². The molecule has 0 radical (unpaired) electrons. The van der Waals surface area contributed by atoms with Crippen LogP contribution in [0, 0.1) is 0 Å². The molecule has 77 heavy (non-hydrogen) atoms. The maximum absolute atomic E-state index is 13.0. The number of quaternary nitrogens is 1. The van der Waals surface area contributed by atoms with E-state index in [1.54, 1.807) is 6.08 Å².